The van der Waals surface area contributed by atoms with Gasteiger partial charge in [-0.15, -0.1) is 0 Å². The third-order valence-electron chi connectivity index (χ3n) is 5.99. The second-order valence-corrected chi connectivity index (χ2v) is 9.15. The van der Waals surface area contributed by atoms with E-state index in [1.165, 1.54) is 12.5 Å². The van der Waals surface area contributed by atoms with Crippen LogP contribution in [0, 0.1) is 17.6 Å². The van der Waals surface area contributed by atoms with Gasteiger partial charge in [0, 0.05) is 31.2 Å². The lowest BCUT2D eigenvalue weighted by Crippen LogP contribution is -2.57. The largest absolute Gasteiger partial charge is 0.308 e. The van der Waals surface area contributed by atoms with Gasteiger partial charge >= 0.3 is 0 Å². The second-order valence-electron chi connectivity index (χ2n) is 8.12. The number of anilines is 1. The van der Waals surface area contributed by atoms with Crippen LogP contribution < -0.4 is 5.32 Å². The van der Waals surface area contributed by atoms with Gasteiger partial charge in [0.1, 0.15) is 11.3 Å². The molecule has 2 saturated heterocycles. The van der Waals surface area contributed by atoms with E-state index in [1.807, 2.05) is 0 Å². The summed E-state index contributed by atoms with van der Waals surface area (Å²) < 4.78 is 27.7. The highest BCUT2D eigenvalue weighted by atomic mass is 32.1. The maximum absolute atomic E-state index is 13.9. The van der Waals surface area contributed by atoms with Gasteiger partial charge in [-0.3, -0.25) is 9.69 Å². The van der Waals surface area contributed by atoms with Gasteiger partial charge in [-0.2, -0.15) is 0 Å². The summed E-state index contributed by atoms with van der Waals surface area (Å²) in [6, 6.07) is 2.89. The number of fused-ring (bicyclic) bond motifs is 3. The maximum atomic E-state index is 13.9. The third-order valence-corrected chi connectivity index (χ3v) is 6.91. The van der Waals surface area contributed by atoms with E-state index in [9.17, 15) is 13.6 Å². The molecule has 0 spiro atoms. The summed E-state index contributed by atoms with van der Waals surface area (Å²) in [6.07, 6.45) is 5.29. The zero-order valence-corrected chi connectivity index (χ0v) is 17.1. The van der Waals surface area contributed by atoms with E-state index in [0.29, 0.717) is 15.9 Å². The highest BCUT2D eigenvalue weighted by molar-refractivity contribution is 7.22. The molecular weight excluding hydrogens is 382 g/mol. The third kappa shape index (κ3) is 3.90. The molecule has 2 bridgehead atoms. The molecule has 28 heavy (non-hydrogen) atoms. The fourth-order valence-corrected chi connectivity index (χ4v) is 5.56. The number of amides is 1. The van der Waals surface area contributed by atoms with E-state index < -0.39 is 11.6 Å². The molecule has 152 valence electrons. The van der Waals surface area contributed by atoms with Gasteiger partial charge in [-0.1, -0.05) is 17.8 Å². The lowest BCUT2D eigenvalue weighted by Gasteiger charge is -2.49. The Labute approximate surface area is 167 Å². The Morgan fingerprint density at radius 2 is 2.11 bits per heavy atom. The number of likely N-dealkylation sites (N-methyl/N-ethyl adjacent to an activating group) is 1. The number of aromatic nitrogens is 1. The zero-order valence-electron chi connectivity index (χ0n) is 16.3. The van der Waals surface area contributed by atoms with Crippen LogP contribution >= 0.6 is 11.3 Å². The maximum Gasteiger partial charge on any atom is 0.230 e. The van der Waals surface area contributed by atoms with E-state index in [4.69, 9.17) is 0 Å². The summed E-state index contributed by atoms with van der Waals surface area (Å²) in [6.45, 7) is 1.95. The van der Waals surface area contributed by atoms with Crippen LogP contribution in [0.25, 0.3) is 10.2 Å². The van der Waals surface area contributed by atoms with Crippen molar-refractivity contribution in [1.29, 1.82) is 0 Å². The number of hydrogen-bond acceptors (Lipinski definition) is 5. The molecule has 0 saturated carbocycles. The van der Waals surface area contributed by atoms with Crippen LogP contribution in [0.2, 0.25) is 0 Å². The van der Waals surface area contributed by atoms with Crippen LogP contribution in [-0.4, -0.2) is 60.0 Å². The number of nitrogens with one attached hydrogen (secondary N) is 1. The Balaban J connectivity index is 1.50. The van der Waals surface area contributed by atoms with Gasteiger partial charge in [0.15, 0.2) is 10.9 Å². The molecule has 1 N–H and O–H groups in total. The predicted molar refractivity (Wildman–Crippen MR) is 108 cm³/mol. The van der Waals surface area contributed by atoms with Crippen LogP contribution in [0.15, 0.2) is 12.1 Å². The number of hydrogen-bond donors (Lipinski definition) is 1. The molecule has 5 nitrogen and oxygen atoms in total. The summed E-state index contributed by atoms with van der Waals surface area (Å²) in [4.78, 5) is 21.9. The first-order chi connectivity index (χ1) is 13.4. The molecule has 2 aliphatic rings. The van der Waals surface area contributed by atoms with Crippen molar-refractivity contribution in [2.75, 3.05) is 32.5 Å². The average molecular weight is 409 g/mol. The molecule has 2 aromatic rings. The van der Waals surface area contributed by atoms with E-state index in [1.54, 1.807) is 0 Å². The van der Waals surface area contributed by atoms with E-state index >= 15 is 0 Å². The first kappa shape index (κ1) is 19.7. The van der Waals surface area contributed by atoms with E-state index in [0.717, 1.165) is 56.2 Å². The van der Waals surface area contributed by atoms with Gasteiger partial charge in [-0.25, -0.2) is 13.8 Å². The summed E-state index contributed by atoms with van der Waals surface area (Å²) >= 11 is 1.11. The second kappa shape index (κ2) is 8.00. The summed E-state index contributed by atoms with van der Waals surface area (Å²) in [5.41, 5.74) is 0.107. The number of carbonyl (C=O) groups excluding carboxylic acids is 1. The number of halogens is 2. The van der Waals surface area contributed by atoms with E-state index in [2.05, 4.69) is 34.2 Å². The SMILES string of the molecule is CN(C)CCN1C2CCCC1C(C(=O)Nc1nc3c(F)cc(F)cc3s1)CC2. The van der Waals surface area contributed by atoms with Crippen molar-refractivity contribution in [3.05, 3.63) is 23.8 Å². The molecule has 3 atom stereocenters. The monoisotopic (exact) mass is 408 g/mol. The average Bonchev–Trinajstić information content (AvgIpc) is 3.02. The molecule has 2 aliphatic heterocycles. The highest BCUT2D eigenvalue weighted by Crippen LogP contribution is 2.38. The summed E-state index contributed by atoms with van der Waals surface area (Å²) in [7, 11) is 4.14. The number of nitrogens with zero attached hydrogens (tertiary/aromatic N) is 3. The van der Waals surface area contributed by atoms with Crippen LogP contribution in [0.1, 0.15) is 32.1 Å². The van der Waals surface area contributed by atoms with Gasteiger partial charge < -0.3 is 10.2 Å². The Hall–Kier alpha value is -1.64. The fourth-order valence-electron chi connectivity index (χ4n) is 4.65. The molecule has 0 radical (unpaired) electrons. The van der Waals surface area contributed by atoms with Gasteiger partial charge in [0.25, 0.3) is 0 Å². The number of benzene rings is 1. The fraction of sp³-hybridized carbons (Fsp3) is 0.600. The molecule has 8 heteroatoms. The molecule has 4 rings (SSSR count). The number of carbonyl (C=O) groups is 1. The van der Waals surface area contributed by atoms with Crippen molar-refractivity contribution in [2.45, 2.75) is 44.2 Å². The summed E-state index contributed by atoms with van der Waals surface area (Å²) in [5.74, 6) is -1.48. The molecule has 2 fully saturated rings. The minimum atomic E-state index is -0.700. The quantitative estimate of drug-likeness (QED) is 0.820. The van der Waals surface area contributed by atoms with Crippen molar-refractivity contribution in [1.82, 2.24) is 14.8 Å². The van der Waals surface area contributed by atoms with Crippen molar-refractivity contribution >= 4 is 32.6 Å². The van der Waals surface area contributed by atoms with Gasteiger partial charge in [0.2, 0.25) is 5.91 Å². The Morgan fingerprint density at radius 3 is 2.89 bits per heavy atom. The first-order valence-corrected chi connectivity index (χ1v) is 10.7. The number of rotatable bonds is 5. The lowest BCUT2D eigenvalue weighted by molar-refractivity contribution is -0.126. The Morgan fingerprint density at radius 1 is 1.29 bits per heavy atom. The highest BCUT2D eigenvalue weighted by Gasteiger charge is 2.42. The van der Waals surface area contributed by atoms with Crippen molar-refractivity contribution in [2.24, 2.45) is 5.92 Å². The molecule has 0 aliphatic carbocycles. The molecule has 3 unspecified atom stereocenters. The smallest absolute Gasteiger partial charge is 0.230 e. The summed E-state index contributed by atoms with van der Waals surface area (Å²) in [5, 5.41) is 3.21. The molecular formula is C20H26F2N4OS. The predicted octanol–water partition coefficient (Wildman–Crippen LogP) is 3.71. The normalized spacial score (nSPS) is 25.4. The Bertz CT molecular complexity index is 871. The van der Waals surface area contributed by atoms with E-state index in [-0.39, 0.29) is 23.4 Å². The number of piperidine rings is 2. The van der Waals surface area contributed by atoms with Crippen LogP contribution in [0.5, 0.6) is 0 Å². The van der Waals surface area contributed by atoms with Crippen molar-refractivity contribution in [3.8, 4) is 0 Å². The van der Waals surface area contributed by atoms with Crippen LogP contribution in [0.3, 0.4) is 0 Å². The zero-order chi connectivity index (χ0) is 19.8. The lowest BCUT2D eigenvalue weighted by atomic mass is 9.77. The van der Waals surface area contributed by atoms with Gasteiger partial charge in [0.05, 0.1) is 10.6 Å². The molecule has 1 aromatic carbocycles. The molecule has 1 aromatic heterocycles. The van der Waals surface area contributed by atoms with Crippen molar-refractivity contribution in [3.63, 3.8) is 0 Å². The van der Waals surface area contributed by atoms with Crippen LogP contribution in [-0.2, 0) is 4.79 Å². The van der Waals surface area contributed by atoms with Crippen LogP contribution in [0.4, 0.5) is 13.9 Å². The first-order valence-electron chi connectivity index (χ1n) is 9.89. The topological polar surface area (TPSA) is 48.5 Å². The Kier molecular flexibility index (Phi) is 5.62. The van der Waals surface area contributed by atoms with Gasteiger partial charge in [-0.05, 0) is 45.8 Å². The molecule has 1 amide bonds. The minimum Gasteiger partial charge on any atom is -0.308 e. The molecule has 3 heterocycles. The minimum absolute atomic E-state index is 0.0554. The number of thiazole rings is 1. The van der Waals surface area contributed by atoms with Crippen molar-refractivity contribution < 1.29 is 13.6 Å². The standard InChI is InChI=1S/C20H26F2N4OS/c1-25(2)8-9-26-13-4-3-5-16(26)14(7-6-13)19(27)24-20-23-18-15(22)10-12(21)11-17(18)28-20/h10-11,13-14,16H,3-9H2,1-2H3,(H,23,24,27).